The Labute approximate surface area is 173 Å². The summed E-state index contributed by atoms with van der Waals surface area (Å²) in [6.07, 6.45) is 4.30. The lowest BCUT2D eigenvalue weighted by Gasteiger charge is -2.26. The number of rotatable bonds is 1. The summed E-state index contributed by atoms with van der Waals surface area (Å²) < 4.78 is 0. The van der Waals surface area contributed by atoms with Gasteiger partial charge in [0.05, 0.1) is 0 Å². The van der Waals surface area contributed by atoms with Crippen molar-refractivity contribution < 1.29 is 0 Å². The van der Waals surface area contributed by atoms with Gasteiger partial charge in [-0.15, -0.1) is 6.58 Å². The van der Waals surface area contributed by atoms with E-state index < -0.39 is 0 Å². The van der Waals surface area contributed by atoms with E-state index in [0.29, 0.717) is 5.70 Å². The molecule has 1 heterocycles. The summed E-state index contributed by atoms with van der Waals surface area (Å²) in [5, 5.41) is 0. The van der Waals surface area contributed by atoms with Crippen LogP contribution in [-0.2, 0) is 6.42 Å². The van der Waals surface area contributed by atoms with E-state index >= 15 is 0 Å². The van der Waals surface area contributed by atoms with Gasteiger partial charge in [-0.2, -0.15) is 0 Å². The third-order valence-electron chi connectivity index (χ3n) is 3.89. The van der Waals surface area contributed by atoms with Gasteiger partial charge in [-0.25, -0.2) is 0 Å². The van der Waals surface area contributed by atoms with Gasteiger partial charge in [-0.05, 0) is 63.4 Å². The number of benzene rings is 2. The minimum atomic E-state index is 0.667. The summed E-state index contributed by atoms with van der Waals surface area (Å²) in [7, 11) is 2.16. The number of hydrogen-bond donors (Lipinski definition) is 1. The molecule has 152 valence electrons. The van der Waals surface area contributed by atoms with Crippen LogP contribution in [0.5, 0.6) is 0 Å². The van der Waals surface area contributed by atoms with Crippen LogP contribution in [0.3, 0.4) is 0 Å². The Hall–Kier alpha value is -2.74. The Morgan fingerprint density at radius 1 is 1.04 bits per heavy atom. The summed E-state index contributed by atoms with van der Waals surface area (Å²) in [5.41, 5.74) is 12.1. The normalized spacial score (nSPS) is 11.1. The molecule has 1 aliphatic heterocycles. The van der Waals surface area contributed by atoms with Crippen LogP contribution < -0.4 is 10.6 Å². The van der Waals surface area contributed by atoms with Crippen molar-refractivity contribution >= 4 is 11.3 Å². The molecule has 2 aromatic rings. The molecule has 0 unspecified atom stereocenters. The topological polar surface area (TPSA) is 29.3 Å². The number of hydrogen-bond acceptors (Lipinski definition) is 2. The molecule has 3 rings (SSSR count). The minimum absolute atomic E-state index is 0.667. The van der Waals surface area contributed by atoms with E-state index in [1.165, 1.54) is 41.8 Å². The first kappa shape index (κ1) is 25.3. The quantitative estimate of drug-likeness (QED) is 0.555. The molecule has 2 nitrogen and oxygen atoms in total. The first-order chi connectivity index (χ1) is 13.2. The van der Waals surface area contributed by atoms with Crippen LogP contribution in [0.4, 0.5) is 5.69 Å². The second-order valence-corrected chi connectivity index (χ2v) is 7.05. The Balaban J connectivity index is 0.000000396. The van der Waals surface area contributed by atoms with Crippen molar-refractivity contribution in [2.45, 2.75) is 40.5 Å². The van der Waals surface area contributed by atoms with Crippen molar-refractivity contribution in [1.82, 2.24) is 0 Å². The highest BCUT2D eigenvalue weighted by Crippen LogP contribution is 2.24. The van der Waals surface area contributed by atoms with Crippen molar-refractivity contribution in [3.8, 4) is 0 Å². The Bertz CT molecular complexity index is 722. The van der Waals surface area contributed by atoms with E-state index in [4.69, 9.17) is 5.73 Å². The molecule has 2 N–H and O–H groups in total. The van der Waals surface area contributed by atoms with Crippen LogP contribution in [0.1, 0.15) is 43.9 Å². The SMILES string of the molecule is C=C(C)N.C=C(C)c1ccc(C)cc1.C=CC.CN1CCCc2ccccc21. The predicted octanol–water partition coefficient (Wildman–Crippen LogP) is 6.77. The molecule has 0 saturated carbocycles. The number of fused-ring (bicyclic) bond motifs is 1. The monoisotopic (exact) mass is 378 g/mol. The molecule has 28 heavy (non-hydrogen) atoms. The van der Waals surface area contributed by atoms with Crippen LogP contribution >= 0.6 is 0 Å². The first-order valence-electron chi connectivity index (χ1n) is 9.72. The summed E-state index contributed by atoms with van der Waals surface area (Å²) in [6, 6.07) is 17.1. The Kier molecular flexibility index (Phi) is 12.9. The molecule has 0 amide bonds. The average molecular weight is 379 g/mol. The fourth-order valence-corrected chi connectivity index (χ4v) is 2.56. The van der Waals surface area contributed by atoms with Gasteiger partial charge in [0, 0.05) is 19.3 Å². The van der Waals surface area contributed by atoms with Crippen molar-refractivity contribution in [2.75, 3.05) is 18.5 Å². The third-order valence-corrected chi connectivity index (χ3v) is 3.89. The van der Waals surface area contributed by atoms with Crippen molar-refractivity contribution in [2.24, 2.45) is 5.73 Å². The summed E-state index contributed by atoms with van der Waals surface area (Å²) in [4.78, 5) is 2.33. The zero-order chi connectivity index (χ0) is 21.5. The van der Waals surface area contributed by atoms with Crippen LogP contribution in [0.15, 0.2) is 80.0 Å². The lowest BCUT2D eigenvalue weighted by molar-refractivity contribution is 0.744. The van der Waals surface area contributed by atoms with Gasteiger partial charge in [0.2, 0.25) is 0 Å². The predicted molar refractivity (Wildman–Crippen MR) is 129 cm³/mol. The zero-order valence-corrected chi connectivity index (χ0v) is 18.5. The molecule has 1 aliphatic rings. The molecule has 2 aromatic carbocycles. The van der Waals surface area contributed by atoms with Crippen molar-refractivity contribution in [3.05, 3.63) is 96.7 Å². The zero-order valence-electron chi connectivity index (χ0n) is 18.5. The average Bonchev–Trinajstić information content (AvgIpc) is 2.63. The van der Waals surface area contributed by atoms with Crippen LogP contribution in [0.25, 0.3) is 5.57 Å². The molecule has 0 radical (unpaired) electrons. The maximum Gasteiger partial charge on any atom is 0.0396 e. The minimum Gasteiger partial charge on any atom is -0.403 e. The summed E-state index contributed by atoms with van der Waals surface area (Å²) in [5.74, 6) is 0. The lowest BCUT2D eigenvalue weighted by Crippen LogP contribution is -2.24. The smallest absolute Gasteiger partial charge is 0.0396 e. The van der Waals surface area contributed by atoms with Crippen LogP contribution in [0.2, 0.25) is 0 Å². The molecule has 0 bridgehead atoms. The standard InChI is InChI=1S/C10H13N.C10H12.C3H7N.C3H6/c1-11-8-4-6-9-5-2-3-7-10(9)11;1-8(2)10-6-4-9(3)5-7-10;1-3(2)4;1-3-2/h2-3,5,7H,4,6,8H2,1H3;4-7H,1H2,2-3H3;1,4H2,2H3;3H,1H2,2H3. The molecule has 0 fully saturated rings. The van der Waals surface area contributed by atoms with Crippen molar-refractivity contribution in [3.63, 3.8) is 0 Å². The van der Waals surface area contributed by atoms with Gasteiger partial charge >= 0.3 is 0 Å². The summed E-state index contributed by atoms with van der Waals surface area (Å²) >= 11 is 0. The second kappa shape index (κ2) is 14.3. The number of anilines is 1. The van der Waals surface area contributed by atoms with Gasteiger partial charge in [0.25, 0.3) is 0 Å². The first-order valence-corrected chi connectivity index (χ1v) is 9.72. The number of allylic oxidation sites excluding steroid dienone is 3. The van der Waals surface area contributed by atoms with E-state index in [-0.39, 0.29) is 0 Å². The Morgan fingerprint density at radius 2 is 1.54 bits per heavy atom. The highest BCUT2D eigenvalue weighted by atomic mass is 15.1. The number of nitrogens with two attached hydrogens (primary N) is 1. The molecule has 0 aliphatic carbocycles. The van der Waals surface area contributed by atoms with Crippen LogP contribution in [-0.4, -0.2) is 13.6 Å². The van der Waals surface area contributed by atoms with E-state index in [1.54, 1.807) is 13.0 Å². The third kappa shape index (κ3) is 11.1. The Morgan fingerprint density at radius 3 is 2.00 bits per heavy atom. The number of nitrogens with zero attached hydrogens (tertiary/aromatic N) is 1. The largest absolute Gasteiger partial charge is 0.403 e. The van der Waals surface area contributed by atoms with E-state index in [9.17, 15) is 0 Å². The van der Waals surface area contributed by atoms with Gasteiger partial charge in [-0.3, -0.25) is 0 Å². The second-order valence-electron chi connectivity index (χ2n) is 7.05. The lowest BCUT2D eigenvalue weighted by atomic mass is 10.0. The maximum absolute atomic E-state index is 4.92. The van der Waals surface area contributed by atoms with Gasteiger partial charge < -0.3 is 10.6 Å². The molecule has 0 aromatic heterocycles. The molecule has 2 heteroatoms. The molecular weight excluding hydrogens is 340 g/mol. The summed E-state index contributed by atoms with van der Waals surface area (Å²) in [6.45, 7) is 19.5. The van der Waals surface area contributed by atoms with E-state index in [0.717, 1.165) is 5.57 Å². The fraction of sp³-hybridized carbons (Fsp3) is 0.308. The van der Waals surface area contributed by atoms with Crippen molar-refractivity contribution in [1.29, 1.82) is 0 Å². The maximum atomic E-state index is 4.92. The highest BCUT2D eigenvalue weighted by Gasteiger charge is 2.11. The molecular formula is C26H38N2. The van der Waals surface area contributed by atoms with Gasteiger partial charge in [0.1, 0.15) is 0 Å². The molecule has 0 saturated heterocycles. The fourth-order valence-electron chi connectivity index (χ4n) is 2.56. The molecule has 0 atom stereocenters. The van der Waals surface area contributed by atoms with Gasteiger partial charge in [-0.1, -0.05) is 72.8 Å². The van der Waals surface area contributed by atoms with Gasteiger partial charge in [0.15, 0.2) is 0 Å². The van der Waals surface area contributed by atoms with E-state index in [1.807, 2.05) is 13.8 Å². The number of aryl methyl sites for hydroxylation is 2. The molecule has 0 spiro atoms. The highest BCUT2D eigenvalue weighted by molar-refractivity contribution is 5.61. The number of para-hydroxylation sites is 1. The van der Waals surface area contributed by atoms with E-state index in [2.05, 4.69) is 87.1 Å². The van der Waals surface area contributed by atoms with Crippen LogP contribution in [0, 0.1) is 6.92 Å².